The molecule has 1 aliphatic carbocycles. The van der Waals surface area contributed by atoms with Gasteiger partial charge in [-0.2, -0.15) is 0 Å². The van der Waals surface area contributed by atoms with Crippen LogP contribution in [-0.2, 0) is 6.42 Å². The molecule has 36 heavy (non-hydrogen) atoms. The number of aromatic amines is 1. The molecule has 2 aromatic heterocycles. The summed E-state index contributed by atoms with van der Waals surface area (Å²) < 4.78 is 56.4. The van der Waals surface area contributed by atoms with Crippen LogP contribution in [0, 0.1) is 11.2 Å². The molecule has 0 spiro atoms. The number of nitrogens with two attached hydrogens (primary N) is 1. The van der Waals surface area contributed by atoms with E-state index in [1.54, 1.807) is 4.90 Å². The predicted octanol–water partition coefficient (Wildman–Crippen LogP) is 5.27. The number of likely N-dealkylation sites (tertiary alicyclic amines) is 1. The number of H-pyrrole nitrogens is 1. The number of carbonyl (C=O) groups excluding carboxylic acids is 1. The standard InChI is InChI=1S/C25H25F4N5O2/c26-17-12-32-23-22(21-14(11-30)2-1-3-19(21)33-23)20(17)13-6-8-34(9-7-13)24(35)16-5-4-15(10-18(16)31)36-25(27,28)29/h4-5,10-14,30H,1-3,6-9,31H2,(H,32,33). The number of rotatable bonds is 4. The van der Waals surface area contributed by atoms with Crippen molar-refractivity contribution in [1.29, 1.82) is 5.41 Å². The smallest absolute Gasteiger partial charge is 0.406 e. The highest BCUT2D eigenvalue weighted by Crippen LogP contribution is 2.42. The zero-order chi connectivity index (χ0) is 25.6. The number of pyridine rings is 1. The van der Waals surface area contributed by atoms with Crippen LogP contribution < -0.4 is 10.5 Å². The van der Waals surface area contributed by atoms with Gasteiger partial charge in [-0.05, 0) is 55.7 Å². The molecule has 1 atom stereocenters. The number of ether oxygens (including phenoxy) is 1. The molecule has 1 unspecified atom stereocenters. The van der Waals surface area contributed by atoms with Crippen LogP contribution in [0.2, 0.25) is 0 Å². The van der Waals surface area contributed by atoms with Crippen LogP contribution in [0.15, 0.2) is 24.4 Å². The van der Waals surface area contributed by atoms with E-state index in [2.05, 4.69) is 14.7 Å². The van der Waals surface area contributed by atoms with Gasteiger partial charge in [0.15, 0.2) is 0 Å². The fraction of sp³-hybridized carbons (Fsp3) is 0.400. The number of hydrogen-bond acceptors (Lipinski definition) is 5. The molecule has 0 bridgehead atoms. The lowest BCUT2D eigenvalue weighted by Gasteiger charge is -2.33. The maximum atomic E-state index is 15.2. The maximum absolute atomic E-state index is 15.2. The van der Waals surface area contributed by atoms with Crippen molar-refractivity contribution in [2.75, 3.05) is 18.8 Å². The van der Waals surface area contributed by atoms with Crippen LogP contribution in [0.1, 0.15) is 64.7 Å². The summed E-state index contributed by atoms with van der Waals surface area (Å²) in [5.41, 5.74) is 9.00. The Morgan fingerprint density at radius 2 is 1.97 bits per heavy atom. The number of nitrogens with one attached hydrogen (secondary N) is 2. The van der Waals surface area contributed by atoms with Gasteiger partial charge in [-0.25, -0.2) is 9.37 Å². The Morgan fingerprint density at radius 1 is 1.22 bits per heavy atom. The van der Waals surface area contributed by atoms with Crippen LogP contribution >= 0.6 is 0 Å². The number of alkyl halides is 3. The van der Waals surface area contributed by atoms with Gasteiger partial charge in [0.25, 0.3) is 5.91 Å². The van der Waals surface area contributed by atoms with Crippen LogP contribution in [0.25, 0.3) is 11.0 Å². The van der Waals surface area contributed by atoms with E-state index in [-0.39, 0.29) is 23.1 Å². The molecule has 190 valence electrons. The maximum Gasteiger partial charge on any atom is 0.573 e. The zero-order valence-electron chi connectivity index (χ0n) is 19.3. The number of aryl methyl sites for hydroxylation is 1. The van der Waals surface area contributed by atoms with Crippen molar-refractivity contribution in [3.05, 3.63) is 52.6 Å². The quantitative estimate of drug-likeness (QED) is 0.256. The Hall–Kier alpha value is -3.63. The van der Waals surface area contributed by atoms with E-state index in [1.165, 1.54) is 18.5 Å². The van der Waals surface area contributed by atoms with E-state index >= 15 is 4.39 Å². The van der Waals surface area contributed by atoms with Crippen molar-refractivity contribution in [2.45, 2.75) is 50.3 Å². The second kappa shape index (κ2) is 9.11. The number of fused-ring (bicyclic) bond motifs is 3. The average molecular weight is 504 g/mol. The lowest BCUT2D eigenvalue weighted by Crippen LogP contribution is -2.38. The summed E-state index contributed by atoms with van der Waals surface area (Å²) in [6.45, 7) is 0.682. The third-order valence-electron chi connectivity index (χ3n) is 7.13. The molecule has 0 saturated carbocycles. The van der Waals surface area contributed by atoms with Crippen molar-refractivity contribution in [3.8, 4) is 5.75 Å². The minimum atomic E-state index is -4.86. The van der Waals surface area contributed by atoms with Crippen LogP contribution in [0.5, 0.6) is 5.75 Å². The number of hydrogen-bond donors (Lipinski definition) is 3. The van der Waals surface area contributed by atoms with Crippen LogP contribution in [0.4, 0.5) is 23.2 Å². The number of aromatic nitrogens is 2. The molecule has 2 aliphatic rings. The Labute approximate surface area is 204 Å². The van der Waals surface area contributed by atoms with Crippen LogP contribution in [-0.4, -0.2) is 46.4 Å². The number of carbonyl (C=O) groups is 1. The number of piperidine rings is 1. The van der Waals surface area contributed by atoms with E-state index < -0.39 is 23.8 Å². The Morgan fingerprint density at radius 3 is 2.64 bits per heavy atom. The van der Waals surface area contributed by atoms with Gasteiger partial charge in [0.2, 0.25) is 0 Å². The summed E-state index contributed by atoms with van der Waals surface area (Å²) in [5.74, 6) is -1.52. The highest BCUT2D eigenvalue weighted by molar-refractivity contribution is 5.99. The summed E-state index contributed by atoms with van der Waals surface area (Å²) in [6, 6.07) is 3.26. The molecule has 4 N–H and O–H groups in total. The molecule has 1 aliphatic heterocycles. The van der Waals surface area contributed by atoms with Gasteiger partial charge in [0.05, 0.1) is 11.8 Å². The number of nitrogen functional groups attached to an aromatic ring is 1. The average Bonchev–Trinajstić information content (AvgIpc) is 3.22. The summed E-state index contributed by atoms with van der Waals surface area (Å²) in [6.07, 6.45) is 1.41. The Balaban J connectivity index is 1.37. The number of anilines is 1. The lowest BCUT2D eigenvalue weighted by molar-refractivity contribution is -0.274. The van der Waals surface area contributed by atoms with Crippen molar-refractivity contribution in [3.63, 3.8) is 0 Å². The van der Waals surface area contributed by atoms with Gasteiger partial charge in [-0.1, -0.05) is 0 Å². The lowest BCUT2D eigenvalue weighted by atomic mass is 9.81. The topological polar surface area (TPSA) is 108 Å². The van der Waals surface area contributed by atoms with E-state index in [4.69, 9.17) is 11.1 Å². The monoisotopic (exact) mass is 503 g/mol. The highest BCUT2D eigenvalue weighted by Gasteiger charge is 2.34. The van der Waals surface area contributed by atoms with E-state index in [0.29, 0.717) is 37.1 Å². The molecule has 1 amide bonds. The molecule has 11 heteroatoms. The van der Waals surface area contributed by atoms with Gasteiger partial charge in [-0.3, -0.25) is 4.79 Å². The Bertz CT molecular complexity index is 1330. The molecule has 1 fully saturated rings. The van der Waals surface area contributed by atoms with Crippen molar-refractivity contribution < 1.29 is 27.1 Å². The fourth-order valence-electron chi connectivity index (χ4n) is 5.52. The molecular weight excluding hydrogens is 478 g/mol. The van der Waals surface area contributed by atoms with Crippen molar-refractivity contribution in [2.24, 2.45) is 0 Å². The Kier molecular flexibility index (Phi) is 6.09. The first-order valence-corrected chi connectivity index (χ1v) is 11.8. The van der Waals surface area contributed by atoms with Crippen molar-refractivity contribution >= 4 is 28.8 Å². The summed E-state index contributed by atoms with van der Waals surface area (Å²) in [7, 11) is 0. The summed E-state index contributed by atoms with van der Waals surface area (Å²) in [5, 5.41) is 8.63. The van der Waals surface area contributed by atoms with Gasteiger partial charge < -0.3 is 25.8 Å². The second-order valence-electron chi connectivity index (χ2n) is 9.29. The zero-order valence-corrected chi connectivity index (χ0v) is 19.3. The van der Waals surface area contributed by atoms with Crippen LogP contribution in [0.3, 0.4) is 0 Å². The van der Waals surface area contributed by atoms with Gasteiger partial charge in [0, 0.05) is 53.6 Å². The molecule has 7 nitrogen and oxygen atoms in total. The molecule has 3 heterocycles. The van der Waals surface area contributed by atoms with E-state index in [0.717, 1.165) is 48.0 Å². The predicted molar refractivity (Wildman–Crippen MR) is 126 cm³/mol. The second-order valence-corrected chi connectivity index (χ2v) is 9.29. The van der Waals surface area contributed by atoms with E-state index in [1.807, 2.05) is 0 Å². The minimum absolute atomic E-state index is 0.0845. The third-order valence-corrected chi connectivity index (χ3v) is 7.13. The molecule has 0 radical (unpaired) electrons. The largest absolute Gasteiger partial charge is 0.573 e. The highest BCUT2D eigenvalue weighted by atomic mass is 19.4. The molecule has 1 saturated heterocycles. The minimum Gasteiger partial charge on any atom is -0.406 e. The molecule has 3 aromatic rings. The van der Waals surface area contributed by atoms with Crippen molar-refractivity contribution in [1.82, 2.24) is 14.9 Å². The van der Waals surface area contributed by atoms with Gasteiger partial charge in [0.1, 0.15) is 17.2 Å². The molecular formula is C25H25F4N5O2. The summed E-state index contributed by atoms with van der Waals surface area (Å²) >= 11 is 0. The van der Waals surface area contributed by atoms with E-state index in [9.17, 15) is 18.0 Å². The fourth-order valence-corrected chi connectivity index (χ4v) is 5.52. The van der Waals surface area contributed by atoms with Gasteiger partial charge in [-0.15, -0.1) is 13.2 Å². The number of amides is 1. The third kappa shape index (κ3) is 4.38. The number of benzene rings is 1. The number of nitrogens with zero attached hydrogens (tertiary/aromatic N) is 2. The van der Waals surface area contributed by atoms with Gasteiger partial charge >= 0.3 is 6.36 Å². The first kappa shape index (κ1) is 24.1. The molecule has 5 rings (SSSR count). The first-order chi connectivity index (χ1) is 17.2. The normalized spacial score (nSPS) is 18.8. The molecule has 1 aromatic carbocycles. The SMILES string of the molecule is N=CC1CCCc2[nH]c3ncc(F)c(C4CCN(C(=O)c5ccc(OC(F)(F)F)cc5N)CC4)c3c21. The summed E-state index contributed by atoms with van der Waals surface area (Å²) in [4.78, 5) is 22.2. The number of halogens is 4. The first-order valence-electron chi connectivity index (χ1n) is 11.8.